The summed E-state index contributed by atoms with van der Waals surface area (Å²) >= 11 is 15.4. The number of aryl methyl sites for hydroxylation is 1. The molecule has 0 aliphatic carbocycles. The third-order valence-corrected chi connectivity index (χ3v) is 5.95. The molecule has 1 aromatic heterocycles. The number of benzene rings is 3. The van der Waals surface area contributed by atoms with Crippen LogP contribution in [0.1, 0.15) is 17.0 Å². The summed E-state index contributed by atoms with van der Waals surface area (Å²) in [4.78, 5) is 28.3. The van der Waals surface area contributed by atoms with Gasteiger partial charge in [-0.2, -0.15) is 9.78 Å². The normalized spacial score (nSPS) is 11.3. The molecular weight excluding hydrogens is 547 g/mol. The van der Waals surface area contributed by atoms with Gasteiger partial charge < -0.3 is 4.74 Å². The van der Waals surface area contributed by atoms with E-state index < -0.39 is 4.92 Å². The van der Waals surface area contributed by atoms with Crippen LogP contribution in [0, 0.1) is 17.0 Å². The highest BCUT2D eigenvalue weighted by molar-refractivity contribution is 9.10. The predicted molar refractivity (Wildman–Crippen MR) is 135 cm³/mol. The number of nitro groups is 1. The van der Waals surface area contributed by atoms with Crippen molar-refractivity contribution >= 4 is 61.9 Å². The summed E-state index contributed by atoms with van der Waals surface area (Å²) in [5, 5.41) is 17.1. The fraction of sp³-hybridized carbons (Fsp3) is 0.0870. The summed E-state index contributed by atoms with van der Waals surface area (Å²) in [6, 6.07) is 14.5. The van der Waals surface area contributed by atoms with Gasteiger partial charge >= 0.3 is 5.69 Å². The first-order valence-corrected chi connectivity index (χ1v) is 11.4. The Morgan fingerprint density at radius 2 is 1.97 bits per heavy atom. The molecule has 172 valence electrons. The standard InChI is InChI=1S/C23H15BrCl2N4O4/c1-13-28-20-6-4-16(24)9-18(20)23(31)29(13)27-11-14-2-7-22(21(8-14)30(32)33)34-12-15-3-5-17(25)10-19(15)26/h2-11H,12H2,1H3. The van der Waals surface area contributed by atoms with Crippen LogP contribution in [0.2, 0.25) is 10.0 Å². The van der Waals surface area contributed by atoms with Crippen molar-refractivity contribution < 1.29 is 9.66 Å². The van der Waals surface area contributed by atoms with Crippen LogP contribution in [0.15, 0.2) is 69.0 Å². The van der Waals surface area contributed by atoms with E-state index in [4.69, 9.17) is 27.9 Å². The number of ether oxygens (including phenoxy) is 1. The smallest absolute Gasteiger partial charge is 0.311 e. The van der Waals surface area contributed by atoms with E-state index in [9.17, 15) is 14.9 Å². The molecule has 8 nitrogen and oxygen atoms in total. The lowest BCUT2D eigenvalue weighted by molar-refractivity contribution is -0.385. The maximum atomic E-state index is 12.9. The van der Waals surface area contributed by atoms with Crippen molar-refractivity contribution in [3.8, 4) is 5.75 Å². The number of fused-ring (bicyclic) bond motifs is 1. The summed E-state index contributed by atoms with van der Waals surface area (Å²) in [5.74, 6) is 0.448. The van der Waals surface area contributed by atoms with E-state index in [0.29, 0.717) is 37.9 Å². The van der Waals surface area contributed by atoms with Crippen molar-refractivity contribution in [2.24, 2.45) is 5.10 Å². The van der Waals surface area contributed by atoms with Gasteiger partial charge in [-0.15, -0.1) is 0 Å². The molecule has 11 heteroatoms. The summed E-state index contributed by atoms with van der Waals surface area (Å²) in [6.07, 6.45) is 1.35. The van der Waals surface area contributed by atoms with Crippen LogP contribution in [0.5, 0.6) is 5.75 Å². The zero-order valence-electron chi connectivity index (χ0n) is 17.5. The third-order valence-electron chi connectivity index (χ3n) is 4.87. The highest BCUT2D eigenvalue weighted by Crippen LogP contribution is 2.30. The van der Waals surface area contributed by atoms with Crippen LogP contribution in [-0.4, -0.2) is 20.8 Å². The lowest BCUT2D eigenvalue weighted by Crippen LogP contribution is -2.20. The number of nitro benzene ring substituents is 1. The van der Waals surface area contributed by atoms with Crippen LogP contribution >= 0.6 is 39.1 Å². The quantitative estimate of drug-likeness (QED) is 0.160. The first-order chi connectivity index (χ1) is 16.2. The molecule has 0 saturated heterocycles. The molecule has 1 heterocycles. The van der Waals surface area contributed by atoms with Gasteiger partial charge in [0.2, 0.25) is 0 Å². The second-order valence-corrected chi connectivity index (χ2v) is 8.95. The fourth-order valence-electron chi connectivity index (χ4n) is 3.19. The molecule has 0 fully saturated rings. The Morgan fingerprint density at radius 3 is 2.71 bits per heavy atom. The molecule has 34 heavy (non-hydrogen) atoms. The molecule has 0 unspecified atom stereocenters. The van der Waals surface area contributed by atoms with E-state index in [1.807, 2.05) is 0 Å². The lowest BCUT2D eigenvalue weighted by atomic mass is 10.2. The highest BCUT2D eigenvalue weighted by Gasteiger charge is 2.17. The number of rotatable bonds is 6. The van der Waals surface area contributed by atoms with Crippen LogP contribution in [0.25, 0.3) is 10.9 Å². The second-order valence-electron chi connectivity index (χ2n) is 7.19. The Balaban J connectivity index is 1.63. The summed E-state index contributed by atoms with van der Waals surface area (Å²) in [6.45, 7) is 1.68. The predicted octanol–water partition coefficient (Wildman–Crippen LogP) is 6.14. The van der Waals surface area contributed by atoms with Gasteiger partial charge in [0.15, 0.2) is 5.75 Å². The summed E-state index contributed by atoms with van der Waals surface area (Å²) in [5.41, 5.74) is 0.989. The van der Waals surface area contributed by atoms with Crippen LogP contribution in [0.4, 0.5) is 5.69 Å². The molecule has 4 rings (SSSR count). The average Bonchev–Trinajstić information content (AvgIpc) is 2.79. The topological polar surface area (TPSA) is 99.6 Å². The van der Waals surface area contributed by atoms with E-state index in [2.05, 4.69) is 26.0 Å². The highest BCUT2D eigenvalue weighted by atomic mass is 79.9. The fourth-order valence-corrected chi connectivity index (χ4v) is 4.02. The van der Waals surface area contributed by atoms with Gasteiger partial charge in [0.05, 0.1) is 22.0 Å². The monoisotopic (exact) mass is 560 g/mol. The molecule has 3 aromatic carbocycles. The van der Waals surface area contributed by atoms with Crippen molar-refractivity contribution in [2.45, 2.75) is 13.5 Å². The molecule has 0 atom stereocenters. The average molecular weight is 562 g/mol. The molecule has 4 aromatic rings. The zero-order chi connectivity index (χ0) is 24.4. The minimum Gasteiger partial charge on any atom is -0.482 e. The van der Waals surface area contributed by atoms with Crippen molar-refractivity contribution in [1.29, 1.82) is 0 Å². The van der Waals surface area contributed by atoms with Gasteiger partial charge in [0, 0.05) is 31.7 Å². The van der Waals surface area contributed by atoms with Gasteiger partial charge in [-0.3, -0.25) is 14.9 Å². The summed E-state index contributed by atoms with van der Waals surface area (Å²) < 4.78 is 7.52. The molecular formula is C23H15BrCl2N4O4. The molecule has 0 amide bonds. The number of halogens is 3. The van der Waals surface area contributed by atoms with E-state index in [1.54, 1.807) is 49.4 Å². The molecule has 0 aliphatic rings. The second kappa shape index (κ2) is 9.92. The molecule has 0 radical (unpaired) electrons. The summed E-state index contributed by atoms with van der Waals surface area (Å²) in [7, 11) is 0. The van der Waals surface area contributed by atoms with Gasteiger partial charge in [0.25, 0.3) is 5.56 Å². The zero-order valence-corrected chi connectivity index (χ0v) is 20.6. The minimum absolute atomic E-state index is 0.0250. The Morgan fingerprint density at radius 1 is 1.18 bits per heavy atom. The van der Waals surface area contributed by atoms with E-state index in [0.717, 1.165) is 9.15 Å². The maximum Gasteiger partial charge on any atom is 0.311 e. The molecule has 0 saturated carbocycles. The molecule has 0 spiro atoms. The largest absolute Gasteiger partial charge is 0.482 e. The number of aromatic nitrogens is 2. The SMILES string of the molecule is Cc1nc2ccc(Br)cc2c(=O)n1N=Cc1ccc(OCc2ccc(Cl)cc2Cl)c([N+](=O)[O-])c1. The Kier molecular flexibility index (Phi) is 6.97. The van der Waals surface area contributed by atoms with Crippen LogP contribution in [0.3, 0.4) is 0 Å². The van der Waals surface area contributed by atoms with Crippen LogP contribution in [-0.2, 0) is 6.61 Å². The molecule has 0 bridgehead atoms. The van der Waals surface area contributed by atoms with Crippen molar-refractivity contribution in [1.82, 2.24) is 9.66 Å². The van der Waals surface area contributed by atoms with Gasteiger partial charge in [-0.05, 0) is 49.4 Å². The van der Waals surface area contributed by atoms with E-state index in [-0.39, 0.29) is 23.6 Å². The lowest BCUT2D eigenvalue weighted by Gasteiger charge is -2.09. The van der Waals surface area contributed by atoms with Gasteiger partial charge in [-0.25, -0.2) is 4.98 Å². The van der Waals surface area contributed by atoms with E-state index in [1.165, 1.54) is 18.3 Å². The first-order valence-electron chi connectivity index (χ1n) is 9.81. The number of hydrogen-bond donors (Lipinski definition) is 0. The van der Waals surface area contributed by atoms with Crippen LogP contribution < -0.4 is 10.3 Å². The maximum absolute atomic E-state index is 12.9. The molecule has 0 N–H and O–H groups in total. The molecule has 0 aliphatic heterocycles. The number of hydrogen-bond acceptors (Lipinski definition) is 6. The minimum atomic E-state index is -0.553. The van der Waals surface area contributed by atoms with Gasteiger partial charge in [0.1, 0.15) is 12.4 Å². The van der Waals surface area contributed by atoms with Crippen molar-refractivity contribution in [3.63, 3.8) is 0 Å². The Hall–Kier alpha value is -3.27. The first kappa shape index (κ1) is 23.9. The number of nitrogens with zero attached hydrogens (tertiary/aromatic N) is 4. The van der Waals surface area contributed by atoms with E-state index >= 15 is 0 Å². The van der Waals surface area contributed by atoms with Gasteiger partial charge in [-0.1, -0.05) is 45.2 Å². The van der Waals surface area contributed by atoms with Crippen molar-refractivity contribution in [3.05, 3.63) is 107 Å². The third kappa shape index (κ3) is 5.11. The van der Waals surface area contributed by atoms with Crippen molar-refractivity contribution in [2.75, 3.05) is 0 Å². The Labute approximate surface area is 211 Å². The Bertz CT molecular complexity index is 1520.